The third-order valence-electron chi connectivity index (χ3n) is 6.29. The number of likely N-dealkylation sites (tertiary alicyclic amines) is 1. The highest BCUT2D eigenvalue weighted by Crippen LogP contribution is 2.48. The summed E-state index contributed by atoms with van der Waals surface area (Å²) >= 11 is 3.44. The molecule has 2 amide bonds. The molecule has 6 heteroatoms. The summed E-state index contributed by atoms with van der Waals surface area (Å²) in [7, 11) is 0. The number of hydrogen-bond acceptors (Lipinski definition) is 2. The molecular weight excluding hydrogens is 447 g/mol. The van der Waals surface area contributed by atoms with Gasteiger partial charge in [-0.05, 0) is 67.0 Å². The van der Waals surface area contributed by atoms with Gasteiger partial charge in [-0.2, -0.15) is 0 Å². The van der Waals surface area contributed by atoms with Crippen LogP contribution in [0.25, 0.3) is 0 Å². The van der Waals surface area contributed by atoms with Gasteiger partial charge in [0.25, 0.3) is 0 Å². The van der Waals surface area contributed by atoms with E-state index in [1.165, 1.54) is 11.6 Å². The molecule has 1 aliphatic carbocycles. The van der Waals surface area contributed by atoms with Crippen LogP contribution in [0, 0.1) is 24.6 Å². The lowest BCUT2D eigenvalue weighted by Crippen LogP contribution is -2.43. The Bertz CT molecular complexity index is 939. The highest BCUT2D eigenvalue weighted by molar-refractivity contribution is 9.10. The molecule has 0 bridgehead atoms. The van der Waals surface area contributed by atoms with Crippen molar-refractivity contribution in [2.24, 2.45) is 11.8 Å². The average Bonchev–Trinajstić information content (AvgIpc) is 3.55. The summed E-state index contributed by atoms with van der Waals surface area (Å²) in [4.78, 5) is 27.3. The van der Waals surface area contributed by atoms with Gasteiger partial charge in [0.1, 0.15) is 5.82 Å². The summed E-state index contributed by atoms with van der Waals surface area (Å²) in [5.41, 5.74) is 2.57. The fraction of sp³-hybridized carbons (Fsp3) is 0.417. The summed E-state index contributed by atoms with van der Waals surface area (Å²) in [6.45, 7) is 3.29. The van der Waals surface area contributed by atoms with Crippen LogP contribution in [0.2, 0.25) is 0 Å². The zero-order chi connectivity index (χ0) is 21.3. The largest absolute Gasteiger partial charge is 0.352 e. The van der Waals surface area contributed by atoms with Gasteiger partial charge in [0, 0.05) is 35.9 Å². The van der Waals surface area contributed by atoms with Crippen molar-refractivity contribution >= 4 is 27.7 Å². The molecule has 4 nitrogen and oxygen atoms in total. The third kappa shape index (κ3) is 4.75. The molecule has 0 radical (unpaired) electrons. The van der Waals surface area contributed by atoms with E-state index in [-0.39, 0.29) is 29.5 Å². The first-order valence-electron chi connectivity index (χ1n) is 10.5. The molecule has 1 heterocycles. The number of halogens is 2. The standard InChI is InChI=1S/C24H26BrFN2O2/c1-15-2-3-16(12-22(15)26)14-27-23(29)18-8-10-28(11-9-18)24(30)21-13-20(21)17-4-6-19(25)7-5-17/h2-7,12,18,20-21H,8-11,13-14H2,1H3,(H,27,29). The number of aryl methyl sites for hydroxylation is 1. The molecule has 2 fully saturated rings. The normalized spacial score (nSPS) is 21.4. The summed E-state index contributed by atoms with van der Waals surface area (Å²) in [5.74, 6) is 0.259. The second-order valence-electron chi connectivity index (χ2n) is 8.40. The Labute approximate surface area is 185 Å². The molecule has 4 rings (SSSR count). The Balaban J connectivity index is 1.23. The zero-order valence-corrected chi connectivity index (χ0v) is 18.6. The van der Waals surface area contributed by atoms with E-state index in [0.717, 1.165) is 16.5 Å². The molecule has 2 aliphatic rings. The Hall–Kier alpha value is -2.21. The molecule has 2 atom stereocenters. The second-order valence-corrected chi connectivity index (χ2v) is 9.32. The summed E-state index contributed by atoms with van der Waals surface area (Å²) in [5, 5.41) is 2.91. The van der Waals surface area contributed by atoms with Crippen molar-refractivity contribution in [2.45, 2.75) is 38.6 Å². The van der Waals surface area contributed by atoms with E-state index in [1.54, 1.807) is 13.0 Å². The molecule has 1 aliphatic heterocycles. The third-order valence-corrected chi connectivity index (χ3v) is 6.81. The molecule has 2 unspecified atom stereocenters. The van der Waals surface area contributed by atoms with Crippen molar-refractivity contribution in [2.75, 3.05) is 13.1 Å². The van der Waals surface area contributed by atoms with E-state index in [9.17, 15) is 14.0 Å². The number of nitrogens with one attached hydrogen (secondary N) is 1. The molecular formula is C24H26BrFN2O2. The summed E-state index contributed by atoms with van der Waals surface area (Å²) in [6, 6.07) is 13.2. The maximum Gasteiger partial charge on any atom is 0.226 e. The predicted octanol–water partition coefficient (Wildman–Crippen LogP) is 4.56. The van der Waals surface area contributed by atoms with Crippen LogP contribution in [-0.2, 0) is 16.1 Å². The minimum Gasteiger partial charge on any atom is -0.352 e. The smallest absolute Gasteiger partial charge is 0.226 e. The molecule has 0 aromatic heterocycles. The molecule has 158 valence electrons. The van der Waals surface area contributed by atoms with Crippen molar-refractivity contribution in [3.05, 3.63) is 69.4 Å². The Morgan fingerprint density at radius 2 is 1.83 bits per heavy atom. The van der Waals surface area contributed by atoms with Gasteiger partial charge in [-0.1, -0.05) is 40.2 Å². The van der Waals surface area contributed by atoms with Crippen molar-refractivity contribution in [1.29, 1.82) is 0 Å². The Morgan fingerprint density at radius 3 is 2.50 bits per heavy atom. The number of carbonyl (C=O) groups excluding carboxylic acids is 2. The van der Waals surface area contributed by atoms with E-state index in [0.29, 0.717) is 44.0 Å². The van der Waals surface area contributed by atoms with Crippen LogP contribution in [0.1, 0.15) is 41.9 Å². The van der Waals surface area contributed by atoms with Crippen LogP contribution in [0.15, 0.2) is 46.9 Å². The lowest BCUT2D eigenvalue weighted by Gasteiger charge is -2.31. The van der Waals surface area contributed by atoms with Crippen molar-refractivity contribution in [3.63, 3.8) is 0 Å². The van der Waals surface area contributed by atoms with Crippen LogP contribution < -0.4 is 5.32 Å². The quantitative estimate of drug-likeness (QED) is 0.693. The van der Waals surface area contributed by atoms with E-state index in [2.05, 4.69) is 33.4 Å². The van der Waals surface area contributed by atoms with Gasteiger partial charge in [-0.25, -0.2) is 4.39 Å². The number of benzene rings is 2. The number of carbonyl (C=O) groups is 2. The topological polar surface area (TPSA) is 49.4 Å². The fourth-order valence-electron chi connectivity index (χ4n) is 4.22. The molecule has 1 saturated heterocycles. The first kappa shape index (κ1) is 21.0. The molecule has 1 N–H and O–H groups in total. The minimum absolute atomic E-state index is 0.0118. The number of amides is 2. The number of piperidine rings is 1. The lowest BCUT2D eigenvalue weighted by molar-refractivity contribution is -0.136. The molecule has 1 saturated carbocycles. The highest BCUT2D eigenvalue weighted by Gasteiger charge is 2.46. The summed E-state index contributed by atoms with van der Waals surface area (Å²) in [6.07, 6.45) is 2.26. The van der Waals surface area contributed by atoms with Gasteiger partial charge < -0.3 is 10.2 Å². The van der Waals surface area contributed by atoms with E-state index < -0.39 is 0 Å². The van der Waals surface area contributed by atoms with Gasteiger partial charge in [0.2, 0.25) is 11.8 Å². The van der Waals surface area contributed by atoms with Gasteiger partial charge in [-0.3, -0.25) is 9.59 Å². The first-order valence-corrected chi connectivity index (χ1v) is 11.3. The number of nitrogens with zero attached hydrogens (tertiary/aromatic N) is 1. The average molecular weight is 473 g/mol. The van der Waals surface area contributed by atoms with Crippen molar-refractivity contribution < 1.29 is 14.0 Å². The van der Waals surface area contributed by atoms with E-state index >= 15 is 0 Å². The second kappa shape index (κ2) is 8.88. The molecule has 30 heavy (non-hydrogen) atoms. The molecule has 2 aromatic carbocycles. The van der Waals surface area contributed by atoms with Crippen molar-refractivity contribution in [3.8, 4) is 0 Å². The fourth-order valence-corrected chi connectivity index (χ4v) is 4.49. The van der Waals surface area contributed by atoms with Gasteiger partial charge >= 0.3 is 0 Å². The van der Waals surface area contributed by atoms with Crippen LogP contribution in [0.5, 0.6) is 0 Å². The molecule has 2 aromatic rings. The monoisotopic (exact) mass is 472 g/mol. The Kier molecular flexibility index (Phi) is 6.23. The highest BCUT2D eigenvalue weighted by atomic mass is 79.9. The van der Waals surface area contributed by atoms with Gasteiger partial charge in [-0.15, -0.1) is 0 Å². The van der Waals surface area contributed by atoms with Crippen LogP contribution in [0.4, 0.5) is 4.39 Å². The SMILES string of the molecule is Cc1ccc(CNC(=O)C2CCN(C(=O)C3CC3c3ccc(Br)cc3)CC2)cc1F. The molecule has 0 spiro atoms. The number of rotatable bonds is 5. The van der Waals surface area contributed by atoms with Gasteiger partial charge in [0.05, 0.1) is 0 Å². The number of hydrogen-bond donors (Lipinski definition) is 1. The summed E-state index contributed by atoms with van der Waals surface area (Å²) < 4.78 is 14.7. The maximum atomic E-state index is 13.6. The van der Waals surface area contributed by atoms with Crippen LogP contribution >= 0.6 is 15.9 Å². The maximum absolute atomic E-state index is 13.6. The van der Waals surface area contributed by atoms with Crippen LogP contribution in [-0.4, -0.2) is 29.8 Å². The zero-order valence-electron chi connectivity index (χ0n) is 17.0. The Morgan fingerprint density at radius 1 is 1.13 bits per heavy atom. The van der Waals surface area contributed by atoms with E-state index in [1.807, 2.05) is 23.1 Å². The first-order chi connectivity index (χ1) is 14.4. The van der Waals surface area contributed by atoms with Crippen molar-refractivity contribution in [1.82, 2.24) is 10.2 Å². The van der Waals surface area contributed by atoms with E-state index in [4.69, 9.17) is 0 Å². The lowest BCUT2D eigenvalue weighted by atomic mass is 9.95. The predicted molar refractivity (Wildman–Crippen MR) is 117 cm³/mol. The van der Waals surface area contributed by atoms with Gasteiger partial charge in [0.15, 0.2) is 0 Å². The van der Waals surface area contributed by atoms with Crippen LogP contribution in [0.3, 0.4) is 0 Å². The minimum atomic E-state index is -0.255.